The predicted molar refractivity (Wildman–Crippen MR) is 49.1 cm³/mol. The molecule has 2 radical (unpaired) electrons. The molecule has 0 atom stereocenters. The molecule has 0 aliphatic carbocycles. The Morgan fingerprint density at radius 3 is 2.55 bits per heavy atom. The normalized spacial score (nSPS) is 9.09. The van der Waals surface area contributed by atoms with Crippen LogP contribution < -0.4 is 0 Å². The fraction of sp³-hybridized carbons (Fsp3) is 0. The van der Waals surface area contributed by atoms with Gasteiger partial charge >= 0.3 is 0 Å². The fourth-order valence-corrected chi connectivity index (χ4v) is 0.916. The van der Waals surface area contributed by atoms with Crippen LogP contribution >= 0.6 is 0 Å². The monoisotopic (exact) mass is 142 g/mol. The summed E-state index contributed by atoms with van der Waals surface area (Å²) in [6, 6.07) is 7.93. The van der Waals surface area contributed by atoms with Crippen molar-refractivity contribution in [2.75, 3.05) is 0 Å². The van der Waals surface area contributed by atoms with Crippen LogP contribution in [0.5, 0.6) is 0 Å². The van der Waals surface area contributed by atoms with Crippen molar-refractivity contribution in [1.29, 1.82) is 0 Å². The molecule has 1 rings (SSSR count). The highest BCUT2D eigenvalue weighted by molar-refractivity contribution is 5.54. The van der Waals surface area contributed by atoms with Gasteiger partial charge in [0.2, 0.25) is 0 Å². The molecule has 0 amide bonds. The lowest BCUT2D eigenvalue weighted by Gasteiger charge is -1.99. The maximum atomic E-state index is 3.70. The maximum absolute atomic E-state index is 3.70. The summed E-state index contributed by atoms with van der Waals surface area (Å²) >= 11 is 0. The predicted octanol–water partition coefficient (Wildman–Crippen LogP) is 2.94. The number of rotatable bonds is 3. The van der Waals surface area contributed by atoms with E-state index >= 15 is 0 Å². The second kappa shape index (κ2) is 3.77. The molecule has 0 aliphatic heterocycles. The Morgan fingerprint density at radius 2 is 1.91 bits per heavy atom. The van der Waals surface area contributed by atoms with E-state index in [4.69, 9.17) is 0 Å². The van der Waals surface area contributed by atoms with E-state index in [-0.39, 0.29) is 0 Å². The largest absolute Gasteiger partial charge is 0.102 e. The van der Waals surface area contributed by atoms with Gasteiger partial charge in [0.1, 0.15) is 0 Å². The van der Waals surface area contributed by atoms with Gasteiger partial charge in [-0.1, -0.05) is 43.0 Å². The molecule has 0 fully saturated rings. The molecule has 0 bridgehead atoms. The zero-order valence-electron chi connectivity index (χ0n) is 6.38. The average molecular weight is 142 g/mol. The molecule has 0 spiro atoms. The van der Waals surface area contributed by atoms with Gasteiger partial charge in [0.15, 0.2) is 0 Å². The van der Waals surface area contributed by atoms with E-state index in [1.165, 1.54) is 0 Å². The Morgan fingerprint density at radius 1 is 1.18 bits per heavy atom. The smallest absolute Gasteiger partial charge is 0.0423 e. The lowest BCUT2D eigenvalue weighted by molar-refractivity contribution is 1.50. The second-order valence-corrected chi connectivity index (χ2v) is 2.14. The molecule has 54 valence electrons. The van der Waals surface area contributed by atoms with Gasteiger partial charge in [-0.3, -0.25) is 0 Å². The number of allylic oxidation sites excluding steroid dienone is 1. The average Bonchev–Trinajstić information content (AvgIpc) is 2.06. The second-order valence-electron chi connectivity index (χ2n) is 2.14. The molecule has 0 N–H and O–H groups in total. The van der Waals surface area contributed by atoms with Crippen molar-refractivity contribution < 1.29 is 0 Å². The van der Waals surface area contributed by atoms with Crippen molar-refractivity contribution >= 4 is 6.08 Å². The van der Waals surface area contributed by atoms with E-state index in [0.717, 1.165) is 11.1 Å². The Balaban J connectivity index is 3.01. The summed E-state index contributed by atoms with van der Waals surface area (Å²) in [6.45, 7) is 7.29. The van der Waals surface area contributed by atoms with E-state index in [1.807, 2.05) is 30.3 Å². The van der Waals surface area contributed by atoms with Crippen molar-refractivity contribution in [2.45, 2.75) is 0 Å². The summed E-state index contributed by atoms with van der Waals surface area (Å²) in [5.74, 6) is 0. The molecule has 0 unspecified atom stereocenters. The molecular formula is C11H10. The molecule has 0 saturated heterocycles. The van der Waals surface area contributed by atoms with Crippen molar-refractivity contribution in [3.63, 3.8) is 0 Å². The van der Waals surface area contributed by atoms with Crippen molar-refractivity contribution in [1.82, 2.24) is 0 Å². The van der Waals surface area contributed by atoms with Crippen LogP contribution in [0.3, 0.4) is 0 Å². The van der Waals surface area contributed by atoms with Crippen LogP contribution in [-0.2, 0) is 0 Å². The van der Waals surface area contributed by atoms with Crippen LogP contribution in [0.4, 0.5) is 0 Å². The molecule has 0 heteroatoms. The van der Waals surface area contributed by atoms with Crippen molar-refractivity contribution in [3.8, 4) is 0 Å². The molecule has 0 aliphatic rings. The number of hydrogen-bond acceptors (Lipinski definition) is 0. The highest BCUT2D eigenvalue weighted by Crippen LogP contribution is 2.11. The van der Waals surface area contributed by atoms with Gasteiger partial charge in [-0.25, -0.2) is 0 Å². The minimum Gasteiger partial charge on any atom is -0.102 e. The number of hydrogen-bond donors (Lipinski definition) is 0. The third kappa shape index (κ3) is 1.81. The summed E-state index contributed by atoms with van der Waals surface area (Å²) in [5, 5.41) is 0. The summed E-state index contributed by atoms with van der Waals surface area (Å²) < 4.78 is 0. The van der Waals surface area contributed by atoms with E-state index in [9.17, 15) is 0 Å². The first-order chi connectivity index (χ1) is 5.38. The van der Waals surface area contributed by atoms with Gasteiger partial charge in [0, 0.05) is 6.42 Å². The Hall–Kier alpha value is -1.30. The summed E-state index contributed by atoms with van der Waals surface area (Å²) in [7, 11) is 0. The van der Waals surface area contributed by atoms with E-state index in [1.54, 1.807) is 6.08 Å². The zero-order valence-corrected chi connectivity index (χ0v) is 6.38. The maximum Gasteiger partial charge on any atom is 0.0423 e. The quantitative estimate of drug-likeness (QED) is 0.608. The molecular weight excluding hydrogens is 132 g/mol. The SMILES string of the molecule is C=C[C]c1ccccc1C=C. The Kier molecular flexibility index (Phi) is 2.67. The van der Waals surface area contributed by atoms with E-state index in [2.05, 4.69) is 19.6 Å². The highest BCUT2D eigenvalue weighted by atomic mass is 14.0. The van der Waals surface area contributed by atoms with Crippen LogP contribution in [0.1, 0.15) is 11.1 Å². The van der Waals surface area contributed by atoms with E-state index in [0.29, 0.717) is 0 Å². The third-order valence-corrected chi connectivity index (χ3v) is 1.44. The van der Waals surface area contributed by atoms with E-state index < -0.39 is 0 Å². The molecule has 1 aromatic rings. The van der Waals surface area contributed by atoms with Crippen LogP contribution in [-0.4, -0.2) is 0 Å². The standard InChI is InChI=1S/C11H10/c1-3-7-11-9-6-5-8-10(11)4-2/h3-6,8-9H,1-2H2. The van der Waals surface area contributed by atoms with Gasteiger partial charge in [-0.15, -0.1) is 6.58 Å². The van der Waals surface area contributed by atoms with Crippen molar-refractivity contribution in [2.24, 2.45) is 0 Å². The Bertz CT molecular complexity index is 258. The summed E-state index contributed by atoms with van der Waals surface area (Å²) in [6.07, 6.45) is 6.49. The molecule has 0 nitrogen and oxygen atoms in total. The molecule has 1 aromatic carbocycles. The summed E-state index contributed by atoms with van der Waals surface area (Å²) in [4.78, 5) is 0. The minimum atomic E-state index is 1.04. The molecule has 0 heterocycles. The molecule has 11 heavy (non-hydrogen) atoms. The van der Waals surface area contributed by atoms with Crippen LogP contribution in [0.2, 0.25) is 0 Å². The zero-order chi connectivity index (χ0) is 8.10. The fourth-order valence-electron chi connectivity index (χ4n) is 0.916. The molecule has 0 aromatic heterocycles. The van der Waals surface area contributed by atoms with Gasteiger partial charge in [0.05, 0.1) is 0 Å². The lowest BCUT2D eigenvalue weighted by Crippen LogP contribution is -1.82. The van der Waals surface area contributed by atoms with Gasteiger partial charge in [-0.2, -0.15) is 0 Å². The first-order valence-corrected chi connectivity index (χ1v) is 3.47. The Labute approximate surface area is 67.9 Å². The highest BCUT2D eigenvalue weighted by Gasteiger charge is 1.94. The van der Waals surface area contributed by atoms with Gasteiger partial charge in [-0.05, 0) is 11.1 Å². The first-order valence-electron chi connectivity index (χ1n) is 3.47. The topological polar surface area (TPSA) is 0 Å². The molecule has 0 saturated carbocycles. The number of benzene rings is 1. The van der Waals surface area contributed by atoms with Crippen LogP contribution in [0, 0.1) is 6.42 Å². The summed E-state index contributed by atoms with van der Waals surface area (Å²) in [5.41, 5.74) is 2.13. The van der Waals surface area contributed by atoms with Crippen molar-refractivity contribution in [3.05, 3.63) is 61.0 Å². The van der Waals surface area contributed by atoms with Gasteiger partial charge < -0.3 is 0 Å². The van der Waals surface area contributed by atoms with Crippen LogP contribution in [0.15, 0.2) is 43.5 Å². The first kappa shape index (κ1) is 7.80. The minimum absolute atomic E-state index is 1.04. The lowest BCUT2D eigenvalue weighted by atomic mass is 10.1. The van der Waals surface area contributed by atoms with Crippen LogP contribution in [0.25, 0.3) is 6.08 Å². The third-order valence-electron chi connectivity index (χ3n) is 1.44. The van der Waals surface area contributed by atoms with Gasteiger partial charge in [0.25, 0.3) is 0 Å².